The topological polar surface area (TPSA) is 45.7 Å². The van der Waals surface area contributed by atoms with E-state index in [9.17, 15) is 18.0 Å². The van der Waals surface area contributed by atoms with Crippen molar-refractivity contribution >= 4 is 11.8 Å². The lowest BCUT2D eigenvalue weighted by Gasteiger charge is -2.49. The zero-order valence-electron chi connectivity index (χ0n) is 14.6. The van der Waals surface area contributed by atoms with Crippen molar-refractivity contribution in [3.8, 4) is 0 Å². The number of nitrogens with zero attached hydrogens (tertiary/aromatic N) is 3. The summed E-state index contributed by atoms with van der Waals surface area (Å²) in [5, 5.41) is 0. The van der Waals surface area contributed by atoms with Crippen LogP contribution in [0.25, 0.3) is 0 Å². The molecule has 1 aromatic heterocycles. The minimum Gasteiger partial charge on any atom is -0.444 e. The van der Waals surface area contributed by atoms with Crippen LogP contribution in [0.15, 0.2) is 18.3 Å². The second-order valence-electron chi connectivity index (χ2n) is 7.90. The van der Waals surface area contributed by atoms with E-state index in [1.54, 1.807) is 11.0 Å². The molecule has 1 spiro atoms. The first-order valence-electron chi connectivity index (χ1n) is 8.24. The van der Waals surface area contributed by atoms with Crippen molar-refractivity contribution in [2.24, 2.45) is 5.41 Å². The lowest BCUT2D eigenvalue weighted by atomic mass is 9.79. The Morgan fingerprint density at radius 3 is 2.52 bits per heavy atom. The fraction of sp³-hybridized carbons (Fsp3) is 0.647. The number of carbonyl (C=O) groups excluding carboxylic acids is 1. The van der Waals surface area contributed by atoms with Gasteiger partial charge in [0.2, 0.25) is 0 Å². The van der Waals surface area contributed by atoms with Crippen LogP contribution in [0.3, 0.4) is 0 Å². The molecule has 2 fully saturated rings. The van der Waals surface area contributed by atoms with Gasteiger partial charge >= 0.3 is 12.3 Å². The molecular weight excluding hydrogens is 335 g/mol. The van der Waals surface area contributed by atoms with E-state index in [-0.39, 0.29) is 11.5 Å². The molecule has 3 rings (SSSR count). The molecule has 8 heteroatoms. The molecule has 25 heavy (non-hydrogen) atoms. The number of pyridine rings is 1. The van der Waals surface area contributed by atoms with Gasteiger partial charge in [-0.3, -0.25) is 4.98 Å². The number of hydrogen-bond donors (Lipinski definition) is 0. The molecule has 0 unspecified atom stereocenters. The average Bonchev–Trinajstić information content (AvgIpc) is 2.89. The SMILES string of the molecule is CC(C)(C)OC(=O)N1CCC2(C1)CN(c1ccnc(C(F)(F)F)c1)C2. The quantitative estimate of drug-likeness (QED) is 0.771. The van der Waals surface area contributed by atoms with Crippen LogP contribution in [0.5, 0.6) is 0 Å². The van der Waals surface area contributed by atoms with E-state index in [1.165, 1.54) is 6.20 Å². The molecule has 2 aliphatic rings. The Morgan fingerprint density at radius 2 is 1.92 bits per heavy atom. The minimum absolute atomic E-state index is 0.0570. The molecule has 138 valence electrons. The number of ether oxygens (including phenoxy) is 1. The third-order valence-corrected chi connectivity index (χ3v) is 4.54. The number of likely N-dealkylation sites (tertiary alicyclic amines) is 1. The number of alkyl halides is 3. The number of anilines is 1. The van der Waals surface area contributed by atoms with Crippen LogP contribution >= 0.6 is 0 Å². The van der Waals surface area contributed by atoms with Crippen molar-refractivity contribution in [2.75, 3.05) is 31.1 Å². The van der Waals surface area contributed by atoms with E-state index in [0.29, 0.717) is 31.9 Å². The van der Waals surface area contributed by atoms with Gasteiger partial charge in [-0.2, -0.15) is 13.2 Å². The maximum atomic E-state index is 12.8. The van der Waals surface area contributed by atoms with E-state index in [1.807, 2.05) is 25.7 Å². The van der Waals surface area contributed by atoms with Gasteiger partial charge in [0.05, 0.1) is 0 Å². The molecule has 0 N–H and O–H groups in total. The molecule has 0 bridgehead atoms. The molecule has 0 saturated carbocycles. The molecule has 1 amide bonds. The fourth-order valence-electron chi connectivity index (χ4n) is 3.39. The number of carbonyl (C=O) groups is 1. The Labute approximate surface area is 144 Å². The van der Waals surface area contributed by atoms with E-state index >= 15 is 0 Å². The maximum absolute atomic E-state index is 12.8. The molecule has 0 radical (unpaired) electrons. The van der Waals surface area contributed by atoms with E-state index in [2.05, 4.69) is 4.98 Å². The fourth-order valence-corrected chi connectivity index (χ4v) is 3.39. The van der Waals surface area contributed by atoms with Crippen LogP contribution in [0.1, 0.15) is 32.9 Å². The third kappa shape index (κ3) is 3.82. The number of hydrogen-bond acceptors (Lipinski definition) is 4. The van der Waals surface area contributed by atoms with Gasteiger partial charge in [0.15, 0.2) is 0 Å². The summed E-state index contributed by atoms with van der Waals surface area (Å²) in [7, 11) is 0. The molecule has 1 aromatic rings. The van der Waals surface area contributed by atoms with Crippen molar-refractivity contribution in [3.63, 3.8) is 0 Å². The molecule has 0 aromatic carbocycles. The van der Waals surface area contributed by atoms with Crippen LogP contribution in [-0.2, 0) is 10.9 Å². The zero-order valence-corrected chi connectivity index (χ0v) is 14.6. The highest BCUT2D eigenvalue weighted by molar-refractivity contribution is 5.69. The Balaban J connectivity index is 1.60. The third-order valence-electron chi connectivity index (χ3n) is 4.54. The molecule has 5 nitrogen and oxygen atoms in total. The summed E-state index contributed by atoms with van der Waals surface area (Å²) in [6.45, 7) is 7.93. The molecule has 0 atom stereocenters. The number of aromatic nitrogens is 1. The van der Waals surface area contributed by atoms with Crippen LogP contribution in [0.4, 0.5) is 23.7 Å². The van der Waals surface area contributed by atoms with Crippen LogP contribution in [0.2, 0.25) is 0 Å². The summed E-state index contributed by atoms with van der Waals surface area (Å²) in [6, 6.07) is 2.66. The predicted octanol–water partition coefficient (Wildman–Crippen LogP) is 3.55. The van der Waals surface area contributed by atoms with Crippen molar-refractivity contribution in [2.45, 2.75) is 39.0 Å². The first-order chi connectivity index (χ1) is 11.5. The van der Waals surface area contributed by atoms with Gasteiger partial charge in [-0.1, -0.05) is 0 Å². The Morgan fingerprint density at radius 1 is 1.24 bits per heavy atom. The van der Waals surface area contributed by atoms with Crippen LogP contribution < -0.4 is 4.90 Å². The highest BCUT2D eigenvalue weighted by Crippen LogP contribution is 2.42. The van der Waals surface area contributed by atoms with Gasteiger partial charge in [-0.05, 0) is 39.3 Å². The highest BCUT2D eigenvalue weighted by atomic mass is 19.4. The zero-order chi connectivity index (χ0) is 18.5. The number of amides is 1. The summed E-state index contributed by atoms with van der Waals surface area (Å²) in [4.78, 5) is 19.1. The smallest absolute Gasteiger partial charge is 0.433 e. The molecular formula is C17H22F3N3O2. The summed E-state index contributed by atoms with van der Waals surface area (Å²) in [5.41, 5.74) is -0.960. The standard InChI is InChI=1S/C17H22F3N3O2/c1-15(2,3)25-14(24)22-7-5-16(9-22)10-23(11-16)12-4-6-21-13(8-12)17(18,19)20/h4,6,8H,5,7,9-11H2,1-3H3. The van der Waals surface area contributed by atoms with E-state index in [0.717, 1.165) is 12.5 Å². The Hall–Kier alpha value is -1.99. The van der Waals surface area contributed by atoms with Crippen molar-refractivity contribution in [1.82, 2.24) is 9.88 Å². The lowest BCUT2D eigenvalue weighted by Crippen LogP contribution is -2.58. The second kappa shape index (κ2) is 5.78. The summed E-state index contributed by atoms with van der Waals surface area (Å²) >= 11 is 0. The molecule has 3 heterocycles. The van der Waals surface area contributed by atoms with Crippen molar-refractivity contribution in [1.29, 1.82) is 0 Å². The summed E-state index contributed by atoms with van der Waals surface area (Å²) in [6.07, 6.45) is -2.75. The van der Waals surface area contributed by atoms with Gasteiger partial charge < -0.3 is 14.5 Å². The highest BCUT2D eigenvalue weighted by Gasteiger charge is 2.49. The lowest BCUT2D eigenvalue weighted by molar-refractivity contribution is -0.141. The van der Waals surface area contributed by atoms with Gasteiger partial charge in [-0.25, -0.2) is 4.79 Å². The van der Waals surface area contributed by atoms with E-state index in [4.69, 9.17) is 4.74 Å². The van der Waals surface area contributed by atoms with Gasteiger partial charge in [0.25, 0.3) is 0 Å². The van der Waals surface area contributed by atoms with Gasteiger partial charge in [0.1, 0.15) is 11.3 Å². The Kier molecular flexibility index (Phi) is 4.12. The van der Waals surface area contributed by atoms with Crippen LogP contribution in [-0.4, -0.2) is 47.8 Å². The second-order valence-corrected chi connectivity index (χ2v) is 7.90. The monoisotopic (exact) mass is 357 g/mol. The summed E-state index contributed by atoms with van der Waals surface area (Å²) < 4.78 is 43.7. The largest absolute Gasteiger partial charge is 0.444 e. The van der Waals surface area contributed by atoms with Gasteiger partial charge in [0, 0.05) is 43.5 Å². The van der Waals surface area contributed by atoms with Crippen molar-refractivity contribution in [3.05, 3.63) is 24.0 Å². The average molecular weight is 357 g/mol. The van der Waals surface area contributed by atoms with Crippen LogP contribution in [0, 0.1) is 5.41 Å². The first kappa shape index (κ1) is 17.8. The normalized spacial score (nSPS) is 19.9. The molecule has 0 aliphatic carbocycles. The molecule has 2 saturated heterocycles. The minimum atomic E-state index is -4.45. The maximum Gasteiger partial charge on any atom is 0.433 e. The Bertz CT molecular complexity index is 664. The first-order valence-corrected chi connectivity index (χ1v) is 8.24. The van der Waals surface area contributed by atoms with E-state index < -0.39 is 17.5 Å². The number of halogens is 3. The summed E-state index contributed by atoms with van der Waals surface area (Å²) in [5.74, 6) is 0. The van der Waals surface area contributed by atoms with Gasteiger partial charge in [-0.15, -0.1) is 0 Å². The molecule has 2 aliphatic heterocycles. The number of rotatable bonds is 1. The predicted molar refractivity (Wildman–Crippen MR) is 86.3 cm³/mol. The van der Waals surface area contributed by atoms with Crippen molar-refractivity contribution < 1.29 is 22.7 Å².